The molecule has 0 saturated heterocycles. The summed E-state index contributed by atoms with van der Waals surface area (Å²) in [4.78, 5) is 28.4. The summed E-state index contributed by atoms with van der Waals surface area (Å²) in [6, 6.07) is 29.6. The molecule has 2 amide bonds. The van der Waals surface area contributed by atoms with Crippen molar-refractivity contribution < 1.29 is 40.7 Å². The number of nitrogens with zero attached hydrogens (tertiary/aromatic N) is 1. The summed E-state index contributed by atoms with van der Waals surface area (Å²) < 4.78 is 88.0. The number of anilines is 1. The molecule has 5 rings (SSSR count). The van der Waals surface area contributed by atoms with Gasteiger partial charge >= 0.3 is 12.4 Å². The Morgan fingerprint density at radius 1 is 0.755 bits per heavy atom. The number of rotatable bonds is 13. The van der Waals surface area contributed by atoms with Crippen LogP contribution in [0.4, 0.5) is 32.0 Å². The fourth-order valence-electron chi connectivity index (χ4n) is 5.69. The molecule has 0 saturated carbocycles. The molecule has 0 aliphatic carbocycles. The summed E-state index contributed by atoms with van der Waals surface area (Å²) in [5, 5.41) is 2.95. The number of alkyl halides is 6. The van der Waals surface area contributed by atoms with Crippen LogP contribution in [0.3, 0.4) is 0 Å². The molecule has 0 spiro atoms. The van der Waals surface area contributed by atoms with Crippen LogP contribution in [0.5, 0.6) is 11.5 Å². The van der Waals surface area contributed by atoms with E-state index in [-0.39, 0.29) is 35.4 Å². The number of carbonyl (C=O) groups excluding carboxylic acids is 2. The van der Waals surface area contributed by atoms with Crippen LogP contribution < -0.4 is 15.0 Å². The van der Waals surface area contributed by atoms with E-state index >= 15 is 0 Å². The van der Waals surface area contributed by atoms with Gasteiger partial charge in [-0.25, -0.2) is 0 Å². The predicted octanol–water partition coefficient (Wildman–Crippen LogP) is 11.6. The number of amides is 2. The molecule has 0 bridgehead atoms. The number of hydrogen-bond donors (Lipinski definition) is 1. The van der Waals surface area contributed by atoms with Gasteiger partial charge < -0.3 is 15.0 Å². The topological polar surface area (TPSA) is 58.6 Å². The fourth-order valence-corrected chi connectivity index (χ4v) is 5.86. The number of para-hydroxylation sites is 2. The molecular formula is C41H35ClF6N2O3. The van der Waals surface area contributed by atoms with Crippen LogP contribution >= 0.6 is 11.6 Å². The van der Waals surface area contributed by atoms with Crippen molar-refractivity contribution in [2.75, 3.05) is 18.0 Å². The number of unbranched alkanes of at least 4 members (excludes halogenated alkanes) is 2. The highest BCUT2D eigenvalue weighted by Crippen LogP contribution is 2.38. The number of nitrogens with one attached hydrogen (secondary N) is 1. The zero-order chi connectivity index (χ0) is 38.2. The lowest BCUT2D eigenvalue weighted by molar-refractivity contribution is -0.143. The van der Waals surface area contributed by atoms with E-state index in [1.807, 2.05) is 85.8 Å². The maximum atomic E-state index is 13.8. The van der Waals surface area contributed by atoms with E-state index in [2.05, 4.69) is 5.32 Å². The maximum Gasteiger partial charge on any atom is 0.416 e. The van der Waals surface area contributed by atoms with Crippen molar-refractivity contribution >= 4 is 29.1 Å². The van der Waals surface area contributed by atoms with Crippen molar-refractivity contribution in [2.24, 2.45) is 0 Å². The number of hydrogen-bond acceptors (Lipinski definition) is 3. The summed E-state index contributed by atoms with van der Waals surface area (Å²) in [6.07, 6.45) is -8.16. The molecule has 0 atom stereocenters. The van der Waals surface area contributed by atoms with E-state index in [4.69, 9.17) is 16.3 Å². The van der Waals surface area contributed by atoms with Crippen LogP contribution in [0, 0.1) is 0 Å². The highest BCUT2D eigenvalue weighted by molar-refractivity contribution is 6.31. The van der Waals surface area contributed by atoms with Gasteiger partial charge in [-0.2, -0.15) is 26.3 Å². The lowest BCUT2D eigenvalue weighted by atomic mass is 10.0. The minimum atomic E-state index is -5.14. The SMILES string of the molecule is CCCCCN(C(=O)c1cc(C(F)(F)F)cc(C(F)(F)F)c1)c1ccc(Cl)cc1C(=O)NCCc1ccc(-c2ccccc2Oc2ccccc2)cc1. The minimum absolute atomic E-state index is 0.000265. The average Bonchev–Trinajstić information content (AvgIpc) is 3.13. The molecule has 0 aliphatic heterocycles. The van der Waals surface area contributed by atoms with Crippen molar-refractivity contribution in [2.45, 2.75) is 45.0 Å². The fraction of sp³-hybridized carbons (Fsp3) is 0.220. The second-order valence-electron chi connectivity index (χ2n) is 12.2. The second-order valence-corrected chi connectivity index (χ2v) is 12.7. The molecule has 0 fully saturated rings. The highest BCUT2D eigenvalue weighted by atomic mass is 35.5. The van der Waals surface area contributed by atoms with Gasteiger partial charge in [0.2, 0.25) is 0 Å². The Kier molecular flexibility index (Phi) is 12.5. The molecule has 5 aromatic carbocycles. The van der Waals surface area contributed by atoms with Gasteiger partial charge in [-0.3, -0.25) is 9.59 Å². The van der Waals surface area contributed by atoms with Crippen LogP contribution in [-0.4, -0.2) is 24.9 Å². The predicted molar refractivity (Wildman–Crippen MR) is 194 cm³/mol. The Hall–Kier alpha value is -5.29. The first-order valence-electron chi connectivity index (χ1n) is 16.8. The van der Waals surface area contributed by atoms with Gasteiger partial charge in [-0.05, 0) is 78.6 Å². The molecule has 1 N–H and O–H groups in total. The first-order valence-corrected chi connectivity index (χ1v) is 17.2. The van der Waals surface area contributed by atoms with Gasteiger partial charge in [0, 0.05) is 29.2 Å². The number of carbonyl (C=O) groups is 2. The molecule has 0 aromatic heterocycles. The van der Waals surface area contributed by atoms with Crippen LogP contribution in [0.15, 0.2) is 115 Å². The smallest absolute Gasteiger partial charge is 0.416 e. The molecular weight excluding hydrogens is 718 g/mol. The zero-order valence-corrected chi connectivity index (χ0v) is 29.3. The van der Waals surface area contributed by atoms with Crippen molar-refractivity contribution in [3.05, 3.63) is 148 Å². The van der Waals surface area contributed by atoms with Crippen LogP contribution in [0.2, 0.25) is 5.02 Å². The lowest BCUT2D eigenvalue weighted by Gasteiger charge is -2.26. The second kappa shape index (κ2) is 17.0. The van der Waals surface area contributed by atoms with Crippen molar-refractivity contribution in [1.29, 1.82) is 0 Å². The molecule has 0 unspecified atom stereocenters. The van der Waals surface area contributed by atoms with Crippen LogP contribution in [0.25, 0.3) is 11.1 Å². The Labute approximate surface area is 308 Å². The Morgan fingerprint density at radius 3 is 2.04 bits per heavy atom. The summed E-state index contributed by atoms with van der Waals surface area (Å²) >= 11 is 6.24. The number of halogens is 7. The molecule has 12 heteroatoms. The quantitative estimate of drug-likeness (QED) is 0.0962. The minimum Gasteiger partial charge on any atom is -0.457 e. The zero-order valence-electron chi connectivity index (χ0n) is 28.5. The third-order valence-electron chi connectivity index (χ3n) is 8.38. The molecule has 0 heterocycles. The van der Waals surface area contributed by atoms with Gasteiger partial charge in [0.1, 0.15) is 11.5 Å². The first-order chi connectivity index (χ1) is 25.2. The third kappa shape index (κ3) is 10.2. The van der Waals surface area contributed by atoms with Crippen molar-refractivity contribution in [3.63, 3.8) is 0 Å². The van der Waals surface area contributed by atoms with Crippen LogP contribution in [-0.2, 0) is 18.8 Å². The van der Waals surface area contributed by atoms with E-state index in [9.17, 15) is 35.9 Å². The van der Waals surface area contributed by atoms with Gasteiger partial charge in [0.25, 0.3) is 11.8 Å². The monoisotopic (exact) mass is 752 g/mol. The summed E-state index contributed by atoms with van der Waals surface area (Å²) in [5.74, 6) is -0.355. The molecule has 5 nitrogen and oxygen atoms in total. The number of benzene rings is 5. The summed E-state index contributed by atoms with van der Waals surface area (Å²) in [6.45, 7) is 1.99. The summed E-state index contributed by atoms with van der Waals surface area (Å²) in [7, 11) is 0. The molecule has 0 radical (unpaired) electrons. The van der Waals surface area contributed by atoms with Crippen molar-refractivity contribution in [3.8, 4) is 22.6 Å². The highest BCUT2D eigenvalue weighted by Gasteiger charge is 2.38. The Balaban J connectivity index is 1.35. The summed E-state index contributed by atoms with van der Waals surface area (Å²) in [5.41, 5.74) is -1.39. The first kappa shape index (κ1) is 38.9. The molecule has 5 aromatic rings. The van der Waals surface area contributed by atoms with Gasteiger partial charge in [-0.1, -0.05) is 92.0 Å². The Bertz CT molecular complexity index is 2000. The molecule has 0 aliphatic rings. The van der Waals surface area contributed by atoms with E-state index in [1.165, 1.54) is 18.2 Å². The Morgan fingerprint density at radius 2 is 1.40 bits per heavy atom. The van der Waals surface area contributed by atoms with E-state index in [1.54, 1.807) is 0 Å². The van der Waals surface area contributed by atoms with Gasteiger partial charge in [0.05, 0.1) is 22.4 Å². The molecule has 53 heavy (non-hydrogen) atoms. The maximum absolute atomic E-state index is 13.8. The average molecular weight is 753 g/mol. The van der Waals surface area contributed by atoms with E-state index in [0.717, 1.165) is 21.6 Å². The van der Waals surface area contributed by atoms with E-state index < -0.39 is 40.9 Å². The number of ether oxygens (including phenoxy) is 1. The lowest BCUT2D eigenvalue weighted by Crippen LogP contribution is -2.35. The normalized spacial score (nSPS) is 11.6. The third-order valence-corrected chi connectivity index (χ3v) is 8.62. The van der Waals surface area contributed by atoms with Crippen molar-refractivity contribution in [1.82, 2.24) is 5.32 Å². The molecule has 276 valence electrons. The largest absolute Gasteiger partial charge is 0.457 e. The van der Waals surface area contributed by atoms with E-state index in [0.29, 0.717) is 49.3 Å². The van der Waals surface area contributed by atoms with Gasteiger partial charge in [0.15, 0.2) is 0 Å². The van der Waals surface area contributed by atoms with Crippen LogP contribution in [0.1, 0.15) is 63.6 Å². The standard InChI is InChI=1S/C41H35ClF6N2O3/c1-2-3-9-22-50(39(52)29-23-30(40(43,44)45)25-31(24-29)41(46,47)48)36-19-18-32(42)26-35(36)38(51)49-21-20-27-14-16-28(17-15-27)34-12-7-8-13-37(34)53-33-10-5-4-6-11-33/h4-8,10-19,23-26H,2-3,9,20-22H2,1H3,(H,49,51). The van der Waals surface area contributed by atoms with Gasteiger partial charge in [-0.15, -0.1) is 0 Å².